The van der Waals surface area contributed by atoms with Crippen LogP contribution in [-0.4, -0.2) is 47.7 Å². The number of anilines is 1. The van der Waals surface area contributed by atoms with Gasteiger partial charge in [-0.05, 0) is 31.5 Å². The Morgan fingerprint density at radius 3 is 2.91 bits per heavy atom. The summed E-state index contributed by atoms with van der Waals surface area (Å²) in [5, 5.41) is 1.14. The Bertz CT molecular complexity index is 627. The van der Waals surface area contributed by atoms with E-state index in [1.165, 1.54) is 23.4 Å². The normalized spacial score (nSPS) is 22.6. The van der Waals surface area contributed by atoms with Crippen LogP contribution in [0.2, 0.25) is 0 Å². The third kappa shape index (κ3) is 3.39. The van der Waals surface area contributed by atoms with Crippen molar-refractivity contribution in [2.75, 3.05) is 37.7 Å². The first kappa shape index (κ1) is 15.1. The minimum atomic E-state index is 0.449. The van der Waals surface area contributed by atoms with Crippen molar-refractivity contribution in [2.45, 2.75) is 25.4 Å². The molecule has 2 aromatic heterocycles. The lowest BCUT2D eigenvalue weighted by Crippen LogP contribution is -2.36. The van der Waals surface area contributed by atoms with E-state index in [4.69, 9.17) is 4.74 Å². The van der Waals surface area contributed by atoms with Crippen molar-refractivity contribution in [2.24, 2.45) is 0 Å². The first-order valence-electron chi connectivity index (χ1n) is 8.32. The topological polar surface area (TPSA) is 41.5 Å². The molecule has 1 atom stereocenters. The first-order valence-corrected chi connectivity index (χ1v) is 9.14. The highest BCUT2D eigenvalue weighted by Crippen LogP contribution is 2.33. The van der Waals surface area contributed by atoms with Gasteiger partial charge in [0.05, 0.1) is 24.9 Å². The van der Waals surface area contributed by atoms with Crippen LogP contribution in [0.3, 0.4) is 0 Å². The van der Waals surface area contributed by atoms with Crippen LogP contribution in [-0.2, 0) is 11.3 Å². The van der Waals surface area contributed by atoms with Crippen LogP contribution in [0.1, 0.15) is 29.5 Å². The average Bonchev–Trinajstić information content (AvgIpc) is 3.26. The maximum atomic E-state index is 5.42. The van der Waals surface area contributed by atoms with Gasteiger partial charge >= 0.3 is 0 Å². The predicted molar refractivity (Wildman–Crippen MR) is 91.8 cm³/mol. The maximum absolute atomic E-state index is 5.42. The lowest BCUT2D eigenvalue weighted by molar-refractivity contribution is 0.122. The molecule has 5 nitrogen and oxygen atoms in total. The van der Waals surface area contributed by atoms with E-state index in [9.17, 15) is 0 Å². The van der Waals surface area contributed by atoms with Gasteiger partial charge in [-0.3, -0.25) is 9.88 Å². The molecule has 2 fully saturated rings. The van der Waals surface area contributed by atoms with E-state index in [2.05, 4.69) is 31.9 Å². The number of thiazole rings is 1. The molecule has 0 aromatic carbocycles. The zero-order valence-corrected chi connectivity index (χ0v) is 14.0. The molecule has 0 bridgehead atoms. The molecule has 122 valence electrons. The molecule has 23 heavy (non-hydrogen) atoms. The molecular weight excluding hydrogens is 308 g/mol. The molecule has 4 rings (SSSR count). The van der Waals surface area contributed by atoms with Crippen LogP contribution in [0.4, 0.5) is 5.13 Å². The maximum Gasteiger partial charge on any atom is 0.185 e. The van der Waals surface area contributed by atoms with Crippen molar-refractivity contribution in [3.05, 3.63) is 41.2 Å². The van der Waals surface area contributed by atoms with E-state index in [1.54, 1.807) is 0 Å². The summed E-state index contributed by atoms with van der Waals surface area (Å²) in [4.78, 5) is 15.4. The largest absolute Gasteiger partial charge is 0.378 e. The molecule has 2 saturated heterocycles. The highest BCUT2D eigenvalue weighted by atomic mass is 32.1. The van der Waals surface area contributed by atoms with Crippen LogP contribution < -0.4 is 4.90 Å². The summed E-state index contributed by atoms with van der Waals surface area (Å²) < 4.78 is 5.42. The van der Waals surface area contributed by atoms with Gasteiger partial charge in [0.25, 0.3) is 0 Å². The average molecular weight is 330 g/mol. The van der Waals surface area contributed by atoms with Crippen LogP contribution >= 0.6 is 11.3 Å². The van der Waals surface area contributed by atoms with E-state index < -0.39 is 0 Å². The summed E-state index contributed by atoms with van der Waals surface area (Å²) in [5.41, 5.74) is 1.20. The van der Waals surface area contributed by atoms with Crippen LogP contribution in [0.15, 0.2) is 30.6 Å². The van der Waals surface area contributed by atoms with Gasteiger partial charge in [0.15, 0.2) is 5.13 Å². The molecule has 0 aliphatic carbocycles. The molecule has 6 heteroatoms. The van der Waals surface area contributed by atoms with E-state index in [0.717, 1.165) is 44.5 Å². The van der Waals surface area contributed by atoms with Gasteiger partial charge in [-0.2, -0.15) is 0 Å². The predicted octanol–water partition coefficient (Wildman–Crippen LogP) is 2.71. The smallest absolute Gasteiger partial charge is 0.185 e. The second-order valence-corrected chi connectivity index (χ2v) is 7.19. The van der Waals surface area contributed by atoms with Crippen LogP contribution in [0.25, 0.3) is 0 Å². The quantitative estimate of drug-likeness (QED) is 0.862. The van der Waals surface area contributed by atoms with Gasteiger partial charge in [0, 0.05) is 36.9 Å². The number of pyridine rings is 1. The molecular formula is C17H22N4OS. The van der Waals surface area contributed by atoms with E-state index in [1.807, 2.05) is 29.8 Å². The van der Waals surface area contributed by atoms with Crippen molar-refractivity contribution >= 4 is 16.5 Å². The number of aromatic nitrogens is 2. The molecule has 2 aromatic rings. The third-order valence-electron chi connectivity index (χ3n) is 4.57. The van der Waals surface area contributed by atoms with Crippen molar-refractivity contribution in [3.63, 3.8) is 0 Å². The summed E-state index contributed by atoms with van der Waals surface area (Å²) in [7, 11) is 0. The molecule has 0 spiro atoms. The zero-order valence-electron chi connectivity index (χ0n) is 13.2. The molecule has 0 unspecified atom stereocenters. The lowest BCUT2D eigenvalue weighted by atomic mass is 10.1. The number of ether oxygens (including phenoxy) is 1. The summed E-state index contributed by atoms with van der Waals surface area (Å²) in [6.45, 7) is 5.64. The Balaban J connectivity index is 1.44. The SMILES string of the molecule is c1ccc([C@@H]2CCCN2Cc2cnc(N3CCOCC3)s2)nc1. The fourth-order valence-corrected chi connectivity index (χ4v) is 4.38. The number of hydrogen-bond donors (Lipinski definition) is 0. The molecule has 0 N–H and O–H groups in total. The van der Waals surface area contributed by atoms with Gasteiger partial charge in [0.2, 0.25) is 0 Å². The van der Waals surface area contributed by atoms with Crippen LogP contribution in [0, 0.1) is 0 Å². The Morgan fingerprint density at radius 1 is 1.17 bits per heavy atom. The molecule has 0 radical (unpaired) electrons. The minimum Gasteiger partial charge on any atom is -0.378 e. The van der Waals surface area contributed by atoms with Crippen molar-refractivity contribution in [3.8, 4) is 0 Å². The van der Waals surface area contributed by atoms with Gasteiger partial charge in [-0.25, -0.2) is 4.98 Å². The van der Waals surface area contributed by atoms with E-state index >= 15 is 0 Å². The van der Waals surface area contributed by atoms with E-state index in [-0.39, 0.29) is 0 Å². The van der Waals surface area contributed by atoms with Gasteiger partial charge < -0.3 is 9.64 Å². The number of hydrogen-bond acceptors (Lipinski definition) is 6. The zero-order chi connectivity index (χ0) is 15.5. The molecule has 2 aliphatic rings. The first-order chi connectivity index (χ1) is 11.4. The Hall–Kier alpha value is -1.50. The Morgan fingerprint density at radius 2 is 2.09 bits per heavy atom. The van der Waals surface area contributed by atoms with E-state index in [0.29, 0.717) is 6.04 Å². The van der Waals surface area contributed by atoms with Gasteiger partial charge in [0.1, 0.15) is 0 Å². The van der Waals surface area contributed by atoms with Crippen LogP contribution in [0.5, 0.6) is 0 Å². The fraction of sp³-hybridized carbons (Fsp3) is 0.529. The van der Waals surface area contributed by atoms with Gasteiger partial charge in [-0.15, -0.1) is 11.3 Å². The second-order valence-electron chi connectivity index (χ2n) is 6.09. The Kier molecular flexibility index (Phi) is 4.55. The summed E-state index contributed by atoms with van der Waals surface area (Å²) in [6, 6.07) is 6.67. The number of nitrogens with zero attached hydrogens (tertiary/aromatic N) is 4. The second kappa shape index (κ2) is 6.95. The molecule has 2 aliphatic heterocycles. The highest BCUT2D eigenvalue weighted by Gasteiger charge is 2.27. The molecule has 4 heterocycles. The van der Waals surface area contributed by atoms with Crippen molar-refractivity contribution < 1.29 is 4.74 Å². The molecule has 0 saturated carbocycles. The lowest BCUT2D eigenvalue weighted by Gasteiger charge is -2.26. The standard InChI is InChI=1S/C17H22N4OS/c1-2-6-18-15(4-1)16-5-3-7-21(16)13-14-12-19-17(23-14)20-8-10-22-11-9-20/h1-2,4,6,12,16H,3,5,7-11,13H2/t16-/m0/s1. The highest BCUT2D eigenvalue weighted by molar-refractivity contribution is 7.15. The fourth-order valence-electron chi connectivity index (χ4n) is 3.39. The third-order valence-corrected chi connectivity index (χ3v) is 5.62. The summed E-state index contributed by atoms with van der Waals surface area (Å²) in [5.74, 6) is 0. The number of likely N-dealkylation sites (tertiary alicyclic amines) is 1. The summed E-state index contributed by atoms with van der Waals surface area (Å²) >= 11 is 1.82. The monoisotopic (exact) mass is 330 g/mol. The van der Waals surface area contributed by atoms with Gasteiger partial charge in [-0.1, -0.05) is 6.07 Å². The summed E-state index contributed by atoms with van der Waals surface area (Å²) in [6.07, 6.45) is 6.39. The Labute approximate surface area is 140 Å². The van der Waals surface area contributed by atoms with Crippen molar-refractivity contribution in [1.82, 2.24) is 14.9 Å². The number of rotatable bonds is 4. The molecule has 0 amide bonds. The van der Waals surface area contributed by atoms with Crippen molar-refractivity contribution in [1.29, 1.82) is 0 Å². The minimum absolute atomic E-state index is 0.449. The number of morpholine rings is 1.